The van der Waals surface area contributed by atoms with Gasteiger partial charge >= 0.3 is 0 Å². The lowest BCUT2D eigenvalue weighted by molar-refractivity contribution is 0.626. The molecular formula is C12H23N3. The van der Waals surface area contributed by atoms with Gasteiger partial charge in [0, 0.05) is 12.1 Å². The molecule has 3 nitrogen and oxygen atoms in total. The summed E-state index contributed by atoms with van der Waals surface area (Å²) in [5, 5.41) is 0. The highest BCUT2D eigenvalue weighted by atomic mass is 14.9. The Morgan fingerprint density at radius 3 is 2.40 bits per heavy atom. The van der Waals surface area contributed by atoms with Crippen molar-refractivity contribution in [3.8, 4) is 0 Å². The molecule has 86 valence electrons. The molecule has 15 heavy (non-hydrogen) atoms. The van der Waals surface area contributed by atoms with Gasteiger partial charge in [-0.1, -0.05) is 27.7 Å². The summed E-state index contributed by atoms with van der Waals surface area (Å²) < 4.78 is 0. The van der Waals surface area contributed by atoms with Crippen LogP contribution in [0.2, 0.25) is 0 Å². The summed E-state index contributed by atoms with van der Waals surface area (Å²) in [6, 6.07) is 0. The molecular weight excluding hydrogens is 186 g/mol. The molecule has 0 aliphatic carbocycles. The highest BCUT2D eigenvalue weighted by molar-refractivity contribution is 5.19. The summed E-state index contributed by atoms with van der Waals surface area (Å²) in [6.07, 6.45) is 1.92. The normalized spacial score (nSPS) is 11.7. The van der Waals surface area contributed by atoms with Crippen molar-refractivity contribution in [3.05, 3.63) is 17.2 Å². The zero-order chi connectivity index (χ0) is 11.4. The molecule has 1 aromatic heterocycles. The molecule has 0 bridgehead atoms. The minimum Gasteiger partial charge on any atom is -0.346 e. The first-order valence-electron chi connectivity index (χ1n) is 5.82. The third kappa shape index (κ3) is 3.34. The van der Waals surface area contributed by atoms with Crippen LogP contribution in [0.5, 0.6) is 0 Å². The average Bonchev–Trinajstić information content (AvgIpc) is 2.47. The molecule has 0 radical (unpaired) electrons. The van der Waals surface area contributed by atoms with Gasteiger partial charge in [-0.2, -0.15) is 0 Å². The van der Waals surface area contributed by atoms with E-state index in [0.717, 1.165) is 18.7 Å². The summed E-state index contributed by atoms with van der Waals surface area (Å²) in [4.78, 5) is 8.02. The van der Waals surface area contributed by atoms with Crippen LogP contribution in [0, 0.1) is 5.92 Å². The van der Waals surface area contributed by atoms with Crippen LogP contribution in [0.25, 0.3) is 0 Å². The van der Waals surface area contributed by atoms with Gasteiger partial charge in [-0.3, -0.25) is 0 Å². The van der Waals surface area contributed by atoms with Gasteiger partial charge < -0.3 is 10.7 Å². The molecule has 0 fully saturated rings. The first-order chi connectivity index (χ1) is 7.04. The van der Waals surface area contributed by atoms with E-state index >= 15 is 0 Å². The van der Waals surface area contributed by atoms with Crippen molar-refractivity contribution in [1.29, 1.82) is 0 Å². The van der Waals surface area contributed by atoms with E-state index in [0.29, 0.717) is 18.4 Å². The first kappa shape index (κ1) is 12.2. The molecule has 0 saturated heterocycles. The van der Waals surface area contributed by atoms with Gasteiger partial charge in [-0.05, 0) is 24.8 Å². The van der Waals surface area contributed by atoms with Crippen molar-refractivity contribution >= 4 is 0 Å². The van der Waals surface area contributed by atoms with Crippen LogP contribution in [-0.2, 0) is 12.8 Å². The second-order valence-electron chi connectivity index (χ2n) is 4.84. The number of nitrogens with one attached hydrogen (secondary N) is 1. The fourth-order valence-electron chi connectivity index (χ4n) is 1.78. The van der Waals surface area contributed by atoms with Gasteiger partial charge in [0.05, 0.1) is 5.69 Å². The van der Waals surface area contributed by atoms with E-state index in [1.807, 2.05) is 0 Å². The number of hydrogen-bond acceptors (Lipinski definition) is 2. The highest BCUT2D eigenvalue weighted by Gasteiger charge is 2.13. The topological polar surface area (TPSA) is 54.7 Å². The van der Waals surface area contributed by atoms with Gasteiger partial charge in [-0.25, -0.2) is 4.98 Å². The van der Waals surface area contributed by atoms with E-state index in [2.05, 4.69) is 37.7 Å². The van der Waals surface area contributed by atoms with Gasteiger partial charge in [-0.15, -0.1) is 0 Å². The van der Waals surface area contributed by atoms with E-state index in [-0.39, 0.29) is 0 Å². The second kappa shape index (κ2) is 5.31. The Balaban J connectivity index is 2.90. The molecule has 0 amide bonds. The van der Waals surface area contributed by atoms with E-state index < -0.39 is 0 Å². The maximum absolute atomic E-state index is 5.54. The van der Waals surface area contributed by atoms with Crippen LogP contribution in [0.1, 0.15) is 50.8 Å². The Bertz CT molecular complexity index is 300. The van der Waals surface area contributed by atoms with Gasteiger partial charge in [0.15, 0.2) is 0 Å². The SMILES string of the molecule is CC(C)Cc1[nH]c(CCN)nc1C(C)C. The molecule has 0 spiro atoms. The van der Waals surface area contributed by atoms with Crippen LogP contribution in [0.4, 0.5) is 0 Å². The number of imidazole rings is 1. The predicted octanol–water partition coefficient (Wildman–Crippen LogP) is 2.23. The average molecular weight is 209 g/mol. The summed E-state index contributed by atoms with van der Waals surface area (Å²) in [7, 11) is 0. The Morgan fingerprint density at radius 2 is 1.93 bits per heavy atom. The monoisotopic (exact) mass is 209 g/mol. The third-order valence-corrected chi connectivity index (χ3v) is 2.40. The number of aromatic amines is 1. The van der Waals surface area contributed by atoms with E-state index in [1.165, 1.54) is 11.4 Å². The summed E-state index contributed by atoms with van der Waals surface area (Å²) in [6.45, 7) is 9.49. The number of aromatic nitrogens is 2. The molecule has 0 aromatic carbocycles. The Hall–Kier alpha value is -0.830. The Labute approximate surface area is 92.5 Å². The van der Waals surface area contributed by atoms with Crippen LogP contribution in [0.3, 0.4) is 0 Å². The molecule has 3 heteroatoms. The smallest absolute Gasteiger partial charge is 0.107 e. The van der Waals surface area contributed by atoms with E-state index in [1.54, 1.807) is 0 Å². The van der Waals surface area contributed by atoms with Crippen molar-refractivity contribution in [2.75, 3.05) is 6.54 Å². The van der Waals surface area contributed by atoms with Crippen LogP contribution >= 0.6 is 0 Å². The molecule has 0 aliphatic rings. The van der Waals surface area contributed by atoms with E-state index in [4.69, 9.17) is 5.73 Å². The van der Waals surface area contributed by atoms with Crippen LogP contribution < -0.4 is 5.73 Å². The minimum atomic E-state index is 0.488. The van der Waals surface area contributed by atoms with Crippen molar-refractivity contribution in [2.45, 2.75) is 46.5 Å². The fraction of sp³-hybridized carbons (Fsp3) is 0.750. The Morgan fingerprint density at radius 1 is 1.27 bits per heavy atom. The summed E-state index contributed by atoms with van der Waals surface area (Å²) >= 11 is 0. The van der Waals surface area contributed by atoms with Gasteiger partial charge in [0.2, 0.25) is 0 Å². The van der Waals surface area contributed by atoms with Crippen molar-refractivity contribution in [3.63, 3.8) is 0 Å². The molecule has 3 N–H and O–H groups in total. The minimum absolute atomic E-state index is 0.488. The van der Waals surface area contributed by atoms with Crippen molar-refractivity contribution in [2.24, 2.45) is 11.7 Å². The maximum atomic E-state index is 5.54. The molecule has 0 aliphatic heterocycles. The maximum Gasteiger partial charge on any atom is 0.107 e. The molecule has 0 unspecified atom stereocenters. The zero-order valence-corrected chi connectivity index (χ0v) is 10.3. The summed E-state index contributed by atoms with van der Waals surface area (Å²) in [5.41, 5.74) is 8.05. The van der Waals surface area contributed by atoms with Crippen molar-refractivity contribution in [1.82, 2.24) is 9.97 Å². The lowest BCUT2D eigenvalue weighted by Gasteiger charge is -2.07. The third-order valence-electron chi connectivity index (χ3n) is 2.40. The number of nitrogens with zero attached hydrogens (tertiary/aromatic N) is 1. The standard InChI is InChI=1S/C12H23N3/c1-8(2)7-10-12(9(3)4)15-11(14-10)5-6-13/h8-9H,5-7,13H2,1-4H3,(H,14,15). The van der Waals surface area contributed by atoms with Gasteiger partial charge in [0.1, 0.15) is 5.82 Å². The lowest BCUT2D eigenvalue weighted by Crippen LogP contribution is -2.04. The molecule has 0 saturated carbocycles. The first-order valence-corrected chi connectivity index (χ1v) is 5.82. The number of rotatable bonds is 5. The lowest BCUT2D eigenvalue weighted by atomic mass is 10.0. The quantitative estimate of drug-likeness (QED) is 0.781. The largest absolute Gasteiger partial charge is 0.346 e. The number of H-pyrrole nitrogens is 1. The predicted molar refractivity (Wildman–Crippen MR) is 64.0 cm³/mol. The second-order valence-corrected chi connectivity index (χ2v) is 4.84. The molecule has 1 aromatic rings. The fourth-order valence-corrected chi connectivity index (χ4v) is 1.78. The van der Waals surface area contributed by atoms with Crippen LogP contribution in [0.15, 0.2) is 0 Å². The Kier molecular flexibility index (Phi) is 4.33. The number of nitrogens with two attached hydrogens (primary N) is 1. The number of hydrogen-bond donors (Lipinski definition) is 2. The highest BCUT2D eigenvalue weighted by Crippen LogP contribution is 2.19. The molecule has 1 rings (SSSR count). The summed E-state index contributed by atoms with van der Waals surface area (Å²) in [5.74, 6) is 2.19. The zero-order valence-electron chi connectivity index (χ0n) is 10.3. The molecule has 0 atom stereocenters. The van der Waals surface area contributed by atoms with Gasteiger partial charge in [0.25, 0.3) is 0 Å². The van der Waals surface area contributed by atoms with Crippen molar-refractivity contribution < 1.29 is 0 Å². The van der Waals surface area contributed by atoms with Crippen LogP contribution in [-0.4, -0.2) is 16.5 Å². The van der Waals surface area contributed by atoms with E-state index in [9.17, 15) is 0 Å². The molecule has 1 heterocycles.